The summed E-state index contributed by atoms with van der Waals surface area (Å²) in [6.07, 6.45) is -0.731. The van der Waals surface area contributed by atoms with E-state index in [2.05, 4.69) is 15.3 Å². The lowest BCUT2D eigenvalue weighted by Gasteiger charge is -2.18. The van der Waals surface area contributed by atoms with Crippen molar-refractivity contribution in [2.24, 2.45) is 0 Å². The standard InChI is InChI=1S/C18H17F2N3O5S/c1-18(2,3)27-17(24)23-16-21-13-8-7-10(9-14(13)22-16)28-29(25,26)15-11(19)5-4-6-12(15)20/h4-9H,1-3H3,(H2,21,22,23,24). The molecule has 3 rings (SSSR count). The first-order valence-corrected chi connectivity index (χ1v) is 9.74. The van der Waals surface area contributed by atoms with Gasteiger partial charge in [-0.3, -0.25) is 5.32 Å². The normalized spacial score (nSPS) is 12.0. The maximum atomic E-state index is 13.8. The van der Waals surface area contributed by atoms with Crippen molar-refractivity contribution in [3.8, 4) is 5.75 Å². The lowest BCUT2D eigenvalue weighted by molar-refractivity contribution is 0.0635. The van der Waals surface area contributed by atoms with E-state index in [0.717, 1.165) is 18.2 Å². The van der Waals surface area contributed by atoms with Crippen LogP contribution in [0.5, 0.6) is 5.75 Å². The number of benzene rings is 2. The first-order valence-electron chi connectivity index (χ1n) is 8.33. The van der Waals surface area contributed by atoms with Gasteiger partial charge in [-0.1, -0.05) is 6.07 Å². The summed E-state index contributed by atoms with van der Waals surface area (Å²) in [7, 11) is -4.75. The van der Waals surface area contributed by atoms with E-state index in [4.69, 9.17) is 8.92 Å². The van der Waals surface area contributed by atoms with Crippen LogP contribution < -0.4 is 9.50 Å². The molecule has 0 aliphatic rings. The van der Waals surface area contributed by atoms with Gasteiger partial charge in [-0.15, -0.1) is 0 Å². The fraction of sp³-hybridized carbons (Fsp3) is 0.222. The molecule has 0 spiro atoms. The number of fused-ring (bicyclic) bond motifs is 1. The molecular formula is C18H17F2N3O5S. The van der Waals surface area contributed by atoms with Crippen LogP contribution in [0.15, 0.2) is 41.3 Å². The van der Waals surface area contributed by atoms with Gasteiger partial charge in [0.2, 0.25) is 5.95 Å². The summed E-state index contributed by atoms with van der Waals surface area (Å²) in [6.45, 7) is 5.11. The fourth-order valence-electron chi connectivity index (χ4n) is 2.39. The number of anilines is 1. The topological polar surface area (TPSA) is 110 Å². The molecule has 1 aromatic heterocycles. The van der Waals surface area contributed by atoms with Gasteiger partial charge in [0.05, 0.1) is 11.0 Å². The number of halogens is 2. The zero-order valence-electron chi connectivity index (χ0n) is 15.6. The van der Waals surface area contributed by atoms with Gasteiger partial charge >= 0.3 is 16.2 Å². The summed E-state index contributed by atoms with van der Waals surface area (Å²) in [5.41, 5.74) is 0.00336. The van der Waals surface area contributed by atoms with Crippen LogP contribution in [0.1, 0.15) is 20.8 Å². The molecule has 0 radical (unpaired) electrons. The SMILES string of the molecule is CC(C)(C)OC(=O)Nc1nc2ccc(OS(=O)(=O)c3c(F)cccc3F)cc2[nH]1. The number of imidazole rings is 1. The molecule has 2 N–H and O–H groups in total. The van der Waals surface area contributed by atoms with Crippen molar-refractivity contribution in [3.05, 3.63) is 48.0 Å². The minimum atomic E-state index is -4.75. The van der Waals surface area contributed by atoms with E-state index < -0.39 is 38.3 Å². The summed E-state index contributed by atoms with van der Waals surface area (Å²) < 4.78 is 62.0. The number of nitrogens with one attached hydrogen (secondary N) is 2. The Labute approximate surface area is 165 Å². The molecule has 0 bridgehead atoms. The maximum absolute atomic E-state index is 13.8. The Morgan fingerprint density at radius 3 is 2.41 bits per heavy atom. The van der Waals surface area contributed by atoms with Crippen LogP contribution in [0.2, 0.25) is 0 Å². The quantitative estimate of drug-likeness (QED) is 0.613. The van der Waals surface area contributed by atoms with Crippen molar-refractivity contribution in [3.63, 3.8) is 0 Å². The van der Waals surface area contributed by atoms with Gasteiger partial charge in [-0.2, -0.15) is 8.42 Å². The summed E-state index contributed by atoms with van der Waals surface area (Å²) in [5.74, 6) is -2.67. The van der Waals surface area contributed by atoms with Crippen molar-refractivity contribution in [2.45, 2.75) is 31.3 Å². The zero-order valence-corrected chi connectivity index (χ0v) is 16.4. The number of hydrogen-bond acceptors (Lipinski definition) is 6. The first-order chi connectivity index (χ1) is 13.4. The first kappa shape index (κ1) is 20.5. The van der Waals surface area contributed by atoms with E-state index in [9.17, 15) is 22.0 Å². The fourth-order valence-corrected chi connectivity index (χ4v) is 3.44. The lowest BCUT2D eigenvalue weighted by Crippen LogP contribution is -2.27. The van der Waals surface area contributed by atoms with E-state index in [-0.39, 0.29) is 11.7 Å². The monoisotopic (exact) mass is 425 g/mol. The van der Waals surface area contributed by atoms with E-state index >= 15 is 0 Å². The second-order valence-electron chi connectivity index (χ2n) is 6.98. The summed E-state index contributed by atoms with van der Waals surface area (Å²) in [5, 5.41) is 2.41. The van der Waals surface area contributed by atoms with Crippen molar-refractivity contribution in [1.29, 1.82) is 0 Å². The summed E-state index contributed by atoms with van der Waals surface area (Å²) >= 11 is 0. The summed E-state index contributed by atoms with van der Waals surface area (Å²) in [4.78, 5) is 17.5. The average molecular weight is 425 g/mol. The van der Waals surface area contributed by atoms with E-state index in [0.29, 0.717) is 11.0 Å². The van der Waals surface area contributed by atoms with Crippen LogP contribution in [-0.2, 0) is 14.9 Å². The lowest BCUT2D eigenvalue weighted by atomic mass is 10.2. The van der Waals surface area contributed by atoms with Crippen molar-refractivity contribution in [2.75, 3.05) is 5.32 Å². The third-order valence-corrected chi connectivity index (χ3v) is 4.75. The smallest absolute Gasteiger partial charge is 0.414 e. The van der Waals surface area contributed by atoms with Crippen LogP contribution in [0.4, 0.5) is 19.5 Å². The van der Waals surface area contributed by atoms with Crippen LogP contribution in [0.3, 0.4) is 0 Å². The Morgan fingerprint density at radius 2 is 1.79 bits per heavy atom. The second-order valence-corrected chi connectivity index (χ2v) is 8.46. The molecule has 1 amide bonds. The van der Waals surface area contributed by atoms with Gasteiger partial charge in [0, 0.05) is 6.07 Å². The number of carbonyl (C=O) groups excluding carboxylic acids is 1. The van der Waals surface area contributed by atoms with Gasteiger partial charge in [0.1, 0.15) is 23.0 Å². The van der Waals surface area contributed by atoms with E-state index in [1.54, 1.807) is 20.8 Å². The van der Waals surface area contributed by atoms with Gasteiger partial charge in [-0.05, 0) is 45.0 Å². The zero-order chi connectivity index (χ0) is 21.4. The number of rotatable bonds is 4. The molecule has 0 atom stereocenters. The predicted molar refractivity (Wildman–Crippen MR) is 100 cm³/mol. The molecule has 0 saturated heterocycles. The van der Waals surface area contributed by atoms with Crippen LogP contribution in [-0.4, -0.2) is 30.1 Å². The molecule has 3 aromatic rings. The van der Waals surface area contributed by atoms with Crippen molar-refractivity contribution >= 4 is 33.2 Å². The number of amides is 1. The third kappa shape index (κ3) is 4.80. The number of ether oxygens (including phenoxy) is 1. The molecule has 2 aromatic carbocycles. The average Bonchev–Trinajstić information content (AvgIpc) is 2.93. The molecule has 0 aliphatic heterocycles. The minimum absolute atomic E-state index is 0.0643. The van der Waals surface area contributed by atoms with E-state index in [1.807, 2.05) is 0 Å². The van der Waals surface area contributed by atoms with Crippen molar-refractivity contribution < 1.29 is 30.9 Å². The van der Waals surface area contributed by atoms with Gasteiger partial charge in [-0.25, -0.2) is 18.6 Å². The maximum Gasteiger partial charge on any atom is 0.414 e. The van der Waals surface area contributed by atoms with Crippen LogP contribution in [0.25, 0.3) is 11.0 Å². The van der Waals surface area contributed by atoms with Crippen LogP contribution >= 0.6 is 0 Å². The van der Waals surface area contributed by atoms with E-state index in [1.165, 1.54) is 18.2 Å². The number of hydrogen-bond donors (Lipinski definition) is 2. The Hall–Kier alpha value is -3.21. The molecular weight excluding hydrogens is 408 g/mol. The van der Waals surface area contributed by atoms with Crippen LogP contribution in [0, 0.1) is 11.6 Å². The number of aromatic nitrogens is 2. The Balaban J connectivity index is 1.84. The highest BCUT2D eigenvalue weighted by atomic mass is 32.2. The molecule has 154 valence electrons. The highest BCUT2D eigenvalue weighted by Gasteiger charge is 2.26. The largest absolute Gasteiger partial charge is 0.444 e. The number of H-pyrrole nitrogens is 1. The van der Waals surface area contributed by atoms with Gasteiger partial charge in [0.15, 0.2) is 4.90 Å². The molecule has 0 aliphatic carbocycles. The summed E-state index contributed by atoms with van der Waals surface area (Å²) in [6, 6.07) is 6.60. The molecule has 0 unspecified atom stereocenters. The highest BCUT2D eigenvalue weighted by molar-refractivity contribution is 7.87. The molecule has 11 heteroatoms. The molecule has 29 heavy (non-hydrogen) atoms. The predicted octanol–water partition coefficient (Wildman–Crippen LogP) is 3.96. The molecule has 8 nitrogen and oxygen atoms in total. The minimum Gasteiger partial charge on any atom is -0.444 e. The van der Waals surface area contributed by atoms with Crippen molar-refractivity contribution in [1.82, 2.24) is 9.97 Å². The van der Waals surface area contributed by atoms with Gasteiger partial charge in [0.25, 0.3) is 0 Å². The highest BCUT2D eigenvalue weighted by Crippen LogP contribution is 2.26. The molecule has 0 fully saturated rings. The third-order valence-electron chi connectivity index (χ3n) is 3.45. The number of aromatic amines is 1. The Kier molecular flexibility index (Phi) is 5.18. The Morgan fingerprint density at radius 1 is 1.14 bits per heavy atom. The molecule has 1 heterocycles. The number of nitrogens with zero attached hydrogens (tertiary/aromatic N) is 1. The second kappa shape index (κ2) is 7.32. The Bertz CT molecular complexity index is 1170. The number of carbonyl (C=O) groups is 1. The molecule has 0 saturated carbocycles. The van der Waals surface area contributed by atoms with Gasteiger partial charge < -0.3 is 13.9 Å².